The highest BCUT2D eigenvalue weighted by molar-refractivity contribution is 5.99. The lowest BCUT2D eigenvalue weighted by Gasteiger charge is -2.35. The Kier molecular flexibility index (Phi) is 6.03. The molecule has 0 aliphatic heterocycles. The largest absolute Gasteiger partial charge is 0.401 e. The topological polar surface area (TPSA) is 52.4 Å². The van der Waals surface area contributed by atoms with E-state index < -0.39 is 5.60 Å². The van der Waals surface area contributed by atoms with Crippen LogP contribution in [0.2, 0.25) is 0 Å². The van der Waals surface area contributed by atoms with Crippen molar-refractivity contribution in [1.29, 1.82) is 0 Å². The van der Waals surface area contributed by atoms with Gasteiger partial charge in [0.25, 0.3) is 5.69 Å². The first kappa shape index (κ1) is 21.7. The molecule has 4 rings (SSSR count). The van der Waals surface area contributed by atoms with Gasteiger partial charge in [0, 0.05) is 0 Å². The molecule has 0 fully saturated rings. The van der Waals surface area contributed by atoms with Gasteiger partial charge in [-0.25, -0.2) is 0 Å². The summed E-state index contributed by atoms with van der Waals surface area (Å²) in [7, 11) is 3.33. The van der Waals surface area contributed by atoms with Crippen LogP contribution < -0.4 is 0 Å². The van der Waals surface area contributed by atoms with Gasteiger partial charge in [-0.3, -0.25) is 10.1 Å². The number of benzene rings is 4. The van der Waals surface area contributed by atoms with Crippen molar-refractivity contribution in [2.24, 2.45) is 0 Å². The summed E-state index contributed by atoms with van der Waals surface area (Å²) in [5.41, 5.74) is 4.06. The number of nitrogens with zero attached hydrogens (tertiary/aromatic N) is 1. The molecule has 0 bridgehead atoms. The van der Waals surface area contributed by atoms with E-state index in [-0.39, 0.29) is 10.6 Å². The standard InChI is InChI=1S/C27H22NO3Si/c1-19-18-24(26(28(29)30)25(20(19)2)21-12-6-3-7-13-21)27(31-32,22-14-8-4-9-15-22)23-16-10-5-11-17-23/h3-18H,1-2H3. The molecule has 0 saturated carbocycles. The number of rotatable bonds is 6. The van der Waals surface area contributed by atoms with E-state index in [1.54, 1.807) is 0 Å². The minimum absolute atomic E-state index is 0.0326. The van der Waals surface area contributed by atoms with Crippen molar-refractivity contribution in [3.8, 4) is 11.1 Å². The van der Waals surface area contributed by atoms with E-state index in [0.717, 1.165) is 27.8 Å². The molecule has 0 aromatic heterocycles. The van der Waals surface area contributed by atoms with Crippen molar-refractivity contribution >= 4 is 16.2 Å². The summed E-state index contributed by atoms with van der Waals surface area (Å²) < 4.78 is 6.07. The molecule has 4 nitrogen and oxygen atoms in total. The Morgan fingerprint density at radius 1 is 0.812 bits per heavy atom. The Labute approximate surface area is 191 Å². The zero-order chi connectivity index (χ0) is 22.7. The van der Waals surface area contributed by atoms with Gasteiger partial charge in [0.2, 0.25) is 10.5 Å². The molecule has 0 N–H and O–H groups in total. The Balaban J connectivity index is 2.19. The summed E-state index contributed by atoms with van der Waals surface area (Å²) in [6.45, 7) is 3.90. The third kappa shape index (κ3) is 3.55. The highest BCUT2D eigenvalue weighted by atomic mass is 28.2. The highest BCUT2D eigenvalue weighted by Gasteiger charge is 2.43. The maximum Gasteiger partial charge on any atom is 0.284 e. The van der Waals surface area contributed by atoms with Crippen LogP contribution in [0.5, 0.6) is 0 Å². The summed E-state index contributed by atoms with van der Waals surface area (Å²) in [5.74, 6) is 0. The van der Waals surface area contributed by atoms with Crippen LogP contribution in [-0.2, 0) is 10.0 Å². The average Bonchev–Trinajstić information content (AvgIpc) is 2.83. The van der Waals surface area contributed by atoms with E-state index in [9.17, 15) is 10.1 Å². The third-order valence-corrected chi connectivity index (χ3v) is 6.26. The van der Waals surface area contributed by atoms with Crippen LogP contribution in [0, 0.1) is 24.0 Å². The minimum atomic E-state index is -1.23. The van der Waals surface area contributed by atoms with Gasteiger partial charge in [-0.05, 0) is 47.7 Å². The lowest BCUT2D eigenvalue weighted by molar-refractivity contribution is -0.385. The van der Waals surface area contributed by atoms with Crippen LogP contribution >= 0.6 is 0 Å². The Morgan fingerprint density at radius 2 is 1.28 bits per heavy atom. The summed E-state index contributed by atoms with van der Waals surface area (Å²) in [6, 6.07) is 30.5. The van der Waals surface area contributed by atoms with Crippen LogP contribution in [0.3, 0.4) is 0 Å². The van der Waals surface area contributed by atoms with Crippen molar-refractivity contribution < 1.29 is 9.35 Å². The van der Waals surface area contributed by atoms with Gasteiger partial charge in [0.15, 0.2) is 0 Å². The normalized spacial score (nSPS) is 11.3. The highest BCUT2D eigenvalue weighted by Crippen LogP contribution is 2.48. The van der Waals surface area contributed by atoms with Crippen molar-refractivity contribution in [3.63, 3.8) is 0 Å². The fourth-order valence-electron chi connectivity index (χ4n) is 4.31. The molecule has 5 heteroatoms. The van der Waals surface area contributed by atoms with E-state index in [4.69, 9.17) is 4.43 Å². The molecule has 0 unspecified atom stereocenters. The Morgan fingerprint density at radius 3 is 1.72 bits per heavy atom. The molecule has 157 valence electrons. The molecule has 0 saturated heterocycles. The molecule has 4 aromatic rings. The van der Waals surface area contributed by atoms with E-state index >= 15 is 0 Å². The van der Waals surface area contributed by atoms with Gasteiger partial charge >= 0.3 is 0 Å². The maximum atomic E-state index is 12.6. The molecule has 0 spiro atoms. The van der Waals surface area contributed by atoms with Crippen LogP contribution in [0.4, 0.5) is 5.69 Å². The second kappa shape index (κ2) is 8.90. The second-order valence-corrected chi connectivity index (χ2v) is 7.93. The molecule has 0 aliphatic rings. The predicted molar refractivity (Wildman–Crippen MR) is 128 cm³/mol. The molecule has 0 heterocycles. The van der Waals surface area contributed by atoms with Gasteiger partial charge in [-0.2, -0.15) is 0 Å². The summed E-state index contributed by atoms with van der Waals surface area (Å²) in [4.78, 5) is 12.3. The lowest BCUT2D eigenvalue weighted by Crippen LogP contribution is -2.33. The number of hydrogen-bond donors (Lipinski definition) is 0. The van der Waals surface area contributed by atoms with Crippen LogP contribution in [0.1, 0.15) is 27.8 Å². The summed E-state index contributed by atoms with van der Waals surface area (Å²) in [6.07, 6.45) is 0. The van der Waals surface area contributed by atoms with Gasteiger partial charge in [-0.1, -0.05) is 91.0 Å². The van der Waals surface area contributed by atoms with Crippen LogP contribution in [0.25, 0.3) is 11.1 Å². The molecule has 4 aromatic carbocycles. The SMILES string of the molecule is Cc1cc(C(O[Si])(c2ccccc2)c2ccccc2)c([N+](=O)[O-])c(-c2ccccc2)c1C. The van der Waals surface area contributed by atoms with Crippen molar-refractivity contribution in [2.75, 3.05) is 0 Å². The van der Waals surface area contributed by atoms with E-state index in [2.05, 4.69) is 10.5 Å². The smallest absolute Gasteiger partial charge is 0.284 e. The molecule has 0 atom stereocenters. The first-order chi connectivity index (χ1) is 15.5. The Bertz CT molecular complexity index is 1200. The Hall–Kier alpha value is -3.54. The average molecular weight is 437 g/mol. The van der Waals surface area contributed by atoms with Crippen molar-refractivity contribution in [1.82, 2.24) is 0 Å². The third-order valence-electron chi connectivity index (χ3n) is 5.96. The number of aryl methyl sites for hydroxylation is 1. The molecule has 3 radical (unpaired) electrons. The molecule has 0 amide bonds. The first-order valence-corrected chi connectivity index (χ1v) is 10.7. The zero-order valence-electron chi connectivity index (χ0n) is 17.9. The minimum Gasteiger partial charge on any atom is -0.401 e. The molecule has 32 heavy (non-hydrogen) atoms. The zero-order valence-corrected chi connectivity index (χ0v) is 18.9. The van der Waals surface area contributed by atoms with Gasteiger partial charge < -0.3 is 4.43 Å². The van der Waals surface area contributed by atoms with Gasteiger partial charge in [-0.15, -0.1) is 0 Å². The van der Waals surface area contributed by atoms with Crippen LogP contribution in [-0.4, -0.2) is 15.4 Å². The van der Waals surface area contributed by atoms with Crippen molar-refractivity contribution in [3.05, 3.63) is 135 Å². The fourth-order valence-corrected chi connectivity index (χ4v) is 4.66. The van der Waals surface area contributed by atoms with E-state index in [1.165, 1.54) is 0 Å². The fraction of sp³-hybridized carbons (Fsp3) is 0.111. The maximum absolute atomic E-state index is 12.6. The monoisotopic (exact) mass is 436 g/mol. The number of nitro benzene ring substituents is 1. The number of nitro groups is 1. The van der Waals surface area contributed by atoms with E-state index in [0.29, 0.717) is 11.1 Å². The van der Waals surface area contributed by atoms with Gasteiger partial charge in [0.05, 0.1) is 16.1 Å². The van der Waals surface area contributed by atoms with Gasteiger partial charge in [0.1, 0.15) is 5.60 Å². The number of hydrogen-bond acceptors (Lipinski definition) is 3. The molecule has 0 aliphatic carbocycles. The van der Waals surface area contributed by atoms with Crippen molar-refractivity contribution in [2.45, 2.75) is 19.4 Å². The summed E-state index contributed by atoms with van der Waals surface area (Å²) >= 11 is 0. The quantitative estimate of drug-likeness (QED) is 0.155. The summed E-state index contributed by atoms with van der Waals surface area (Å²) in [5, 5.41) is 12.6. The first-order valence-electron chi connectivity index (χ1n) is 10.3. The predicted octanol–water partition coefficient (Wildman–Crippen LogP) is 6.27. The second-order valence-electron chi connectivity index (χ2n) is 7.73. The lowest BCUT2D eigenvalue weighted by atomic mass is 9.77. The van der Waals surface area contributed by atoms with E-state index in [1.807, 2.05) is 111 Å². The molecular weight excluding hydrogens is 414 g/mol. The molecular formula is C27H22NO3Si. The van der Waals surface area contributed by atoms with Crippen LogP contribution in [0.15, 0.2) is 97.1 Å².